The van der Waals surface area contributed by atoms with Crippen molar-refractivity contribution in [1.82, 2.24) is 5.32 Å². The van der Waals surface area contributed by atoms with Gasteiger partial charge in [0.1, 0.15) is 0 Å². The van der Waals surface area contributed by atoms with Gasteiger partial charge in [0.2, 0.25) is 5.91 Å². The van der Waals surface area contributed by atoms with E-state index in [1.807, 2.05) is 12.1 Å². The predicted molar refractivity (Wildman–Crippen MR) is 61.7 cm³/mol. The second-order valence-electron chi connectivity index (χ2n) is 3.51. The second kappa shape index (κ2) is 4.68. The van der Waals surface area contributed by atoms with Crippen molar-refractivity contribution >= 4 is 17.7 Å². The lowest BCUT2D eigenvalue weighted by atomic mass is 10.1. The number of carbonyl (C=O) groups is 1. The number of amides is 1. The number of benzene rings is 1. The monoisotopic (exact) mass is 222 g/mol. The molecule has 1 aliphatic rings. The van der Waals surface area contributed by atoms with Gasteiger partial charge in [0.25, 0.3) is 0 Å². The summed E-state index contributed by atoms with van der Waals surface area (Å²) in [6, 6.07) is 8.35. The first-order chi connectivity index (χ1) is 7.31. The molecule has 0 fully saturated rings. The lowest BCUT2D eigenvalue weighted by Gasteiger charge is -2.12. The normalized spacial score (nSPS) is 18.6. The summed E-state index contributed by atoms with van der Waals surface area (Å²) >= 11 is 1.79. The van der Waals surface area contributed by atoms with E-state index in [1.165, 1.54) is 10.5 Å². The lowest BCUT2D eigenvalue weighted by Crippen LogP contribution is -2.29. The smallest absolute Gasteiger partial charge is 0.221 e. The molecule has 1 heterocycles. The average molecular weight is 222 g/mol. The molecule has 3 nitrogen and oxygen atoms in total. The van der Waals surface area contributed by atoms with E-state index in [9.17, 15) is 4.79 Å². The van der Waals surface area contributed by atoms with E-state index in [4.69, 9.17) is 5.73 Å². The Morgan fingerprint density at radius 2 is 2.33 bits per heavy atom. The zero-order valence-corrected chi connectivity index (χ0v) is 9.22. The number of fused-ring (bicyclic) bond motifs is 1. The van der Waals surface area contributed by atoms with E-state index in [0.717, 1.165) is 5.75 Å². The van der Waals surface area contributed by atoms with Crippen LogP contribution in [0.4, 0.5) is 0 Å². The van der Waals surface area contributed by atoms with Crippen LogP contribution < -0.4 is 11.1 Å². The highest BCUT2D eigenvalue weighted by Crippen LogP contribution is 2.37. The summed E-state index contributed by atoms with van der Waals surface area (Å²) in [6.45, 7) is 0.410. The van der Waals surface area contributed by atoms with Crippen LogP contribution in [0.25, 0.3) is 0 Å². The Bertz CT molecular complexity index is 367. The van der Waals surface area contributed by atoms with E-state index < -0.39 is 0 Å². The molecule has 1 aromatic rings. The summed E-state index contributed by atoms with van der Waals surface area (Å²) in [4.78, 5) is 12.7. The van der Waals surface area contributed by atoms with E-state index >= 15 is 0 Å². The van der Waals surface area contributed by atoms with Gasteiger partial charge in [0, 0.05) is 23.6 Å². The van der Waals surface area contributed by atoms with Crippen molar-refractivity contribution < 1.29 is 4.79 Å². The molecule has 1 amide bonds. The van der Waals surface area contributed by atoms with Crippen LogP contribution >= 0.6 is 11.8 Å². The highest BCUT2D eigenvalue weighted by molar-refractivity contribution is 7.99. The quantitative estimate of drug-likeness (QED) is 0.810. The molecule has 80 valence electrons. The highest BCUT2D eigenvalue weighted by atomic mass is 32.2. The van der Waals surface area contributed by atoms with Crippen molar-refractivity contribution in [3.63, 3.8) is 0 Å². The topological polar surface area (TPSA) is 55.1 Å². The maximum Gasteiger partial charge on any atom is 0.221 e. The first kappa shape index (κ1) is 10.5. The van der Waals surface area contributed by atoms with Crippen LogP contribution in [0.5, 0.6) is 0 Å². The van der Waals surface area contributed by atoms with Gasteiger partial charge in [-0.15, -0.1) is 11.8 Å². The molecule has 4 heteroatoms. The molecule has 0 radical (unpaired) electrons. The number of nitrogens with two attached hydrogens (primary N) is 1. The number of carbonyl (C=O) groups excluding carboxylic acids is 1. The Balaban J connectivity index is 2.04. The molecular weight excluding hydrogens is 208 g/mol. The molecule has 0 spiro atoms. The van der Waals surface area contributed by atoms with Gasteiger partial charge in [-0.05, 0) is 11.6 Å². The molecule has 1 aromatic carbocycles. The van der Waals surface area contributed by atoms with Crippen LogP contribution in [0, 0.1) is 0 Å². The van der Waals surface area contributed by atoms with Gasteiger partial charge in [0.15, 0.2) is 0 Å². The average Bonchev–Trinajstić information content (AvgIpc) is 2.62. The molecule has 0 aromatic heterocycles. The molecule has 0 bridgehead atoms. The summed E-state index contributed by atoms with van der Waals surface area (Å²) in [6.07, 6.45) is 0.406. The number of rotatable bonds is 3. The first-order valence-electron chi connectivity index (χ1n) is 5.02. The molecule has 0 saturated carbocycles. The summed E-state index contributed by atoms with van der Waals surface area (Å²) < 4.78 is 0. The van der Waals surface area contributed by atoms with Crippen LogP contribution in [-0.2, 0) is 4.79 Å². The van der Waals surface area contributed by atoms with Gasteiger partial charge in [-0.3, -0.25) is 4.79 Å². The molecule has 1 atom stereocenters. The minimum absolute atomic E-state index is 0.0415. The van der Waals surface area contributed by atoms with Gasteiger partial charge in [-0.25, -0.2) is 0 Å². The fourth-order valence-corrected chi connectivity index (χ4v) is 2.84. The summed E-state index contributed by atoms with van der Waals surface area (Å²) in [5.41, 5.74) is 6.56. The van der Waals surface area contributed by atoms with Crippen molar-refractivity contribution in [3.8, 4) is 0 Å². The minimum atomic E-state index is 0.0415. The van der Waals surface area contributed by atoms with Crippen LogP contribution in [0.3, 0.4) is 0 Å². The highest BCUT2D eigenvalue weighted by Gasteiger charge is 2.23. The first-order valence-corrected chi connectivity index (χ1v) is 6.01. The SMILES string of the molecule is NCCC(=O)NC1CSc2ccccc21. The Hall–Kier alpha value is -1.00. The Morgan fingerprint density at radius 3 is 3.13 bits per heavy atom. The molecule has 1 aliphatic heterocycles. The van der Waals surface area contributed by atoms with Crippen molar-refractivity contribution in [2.45, 2.75) is 17.4 Å². The van der Waals surface area contributed by atoms with E-state index in [0.29, 0.717) is 13.0 Å². The third-order valence-electron chi connectivity index (χ3n) is 2.41. The molecule has 0 aliphatic carbocycles. The predicted octanol–water partition coefficient (Wildman–Crippen LogP) is 1.30. The number of thioether (sulfide) groups is 1. The Labute approximate surface area is 93.4 Å². The number of hydrogen-bond acceptors (Lipinski definition) is 3. The van der Waals surface area contributed by atoms with Crippen LogP contribution in [0.15, 0.2) is 29.2 Å². The molecule has 15 heavy (non-hydrogen) atoms. The van der Waals surface area contributed by atoms with Gasteiger partial charge >= 0.3 is 0 Å². The summed E-state index contributed by atoms with van der Waals surface area (Å²) in [7, 11) is 0. The minimum Gasteiger partial charge on any atom is -0.348 e. The van der Waals surface area contributed by atoms with Crippen LogP contribution in [0.1, 0.15) is 18.0 Å². The maximum atomic E-state index is 11.4. The molecular formula is C11H14N2OS. The van der Waals surface area contributed by atoms with Gasteiger partial charge < -0.3 is 11.1 Å². The zero-order chi connectivity index (χ0) is 10.7. The van der Waals surface area contributed by atoms with E-state index in [-0.39, 0.29) is 11.9 Å². The standard InChI is InChI=1S/C11H14N2OS/c12-6-5-11(14)13-9-7-15-10-4-2-1-3-8(9)10/h1-4,9H,5-7,12H2,(H,13,14). The summed E-state index contributed by atoms with van der Waals surface area (Å²) in [5, 5.41) is 3.00. The fourth-order valence-electron chi connectivity index (χ4n) is 1.68. The Morgan fingerprint density at radius 1 is 1.53 bits per heavy atom. The van der Waals surface area contributed by atoms with Crippen molar-refractivity contribution in [1.29, 1.82) is 0 Å². The maximum absolute atomic E-state index is 11.4. The number of nitrogens with one attached hydrogen (secondary N) is 1. The third-order valence-corrected chi connectivity index (χ3v) is 3.59. The Kier molecular flexibility index (Phi) is 3.28. The molecule has 3 N–H and O–H groups in total. The molecule has 1 unspecified atom stereocenters. The molecule has 0 saturated heterocycles. The van der Waals surface area contributed by atoms with Gasteiger partial charge in [-0.1, -0.05) is 18.2 Å². The van der Waals surface area contributed by atoms with Gasteiger partial charge in [0.05, 0.1) is 6.04 Å². The van der Waals surface area contributed by atoms with E-state index in [2.05, 4.69) is 17.4 Å². The van der Waals surface area contributed by atoms with Crippen molar-refractivity contribution in [2.24, 2.45) is 5.73 Å². The largest absolute Gasteiger partial charge is 0.348 e. The lowest BCUT2D eigenvalue weighted by molar-refractivity contribution is -0.121. The van der Waals surface area contributed by atoms with Crippen LogP contribution in [0.2, 0.25) is 0 Å². The fraction of sp³-hybridized carbons (Fsp3) is 0.364. The second-order valence-corrected chi connectivity index (χ2v) is 4.57. The third kappa shape index (κ3) is 2.33. The molecule has 2 rings (SSSR count). The van der Waals surface area contributed by atoms with Gasteiger partial charge in [-0.2, -0.15) is 0 Å². The zero-order valence-electron chi connectivity index (χ0n) is 8.40. The summed E-state index contributed by atoms with van der Waals surface area (Å²) in [5.74, 6) is 0.968. The van der Waals surface area contributed by atoms with Crippen molar-refractivity contribution in [3.05, 3.63) is 29.8 Å². The van der Waals surface area contributed by atoms with E-state index in [1.54, 1.807) is 11.8 Å². The van der Waals surface area contributed by atoms with Crippen LogP contribution in [-0.4, -0.2) is 18.2 Å². The number of hydrogen-bond donors (Lipinski definition) is 2. The van der Waals surface area contributed by atoms with Crippen molar-refractivity contribution in [2.75, 3.05) is 12.3 Å².